The number of nitrogens with zero attached hydrogens (tertiary/aromatic N) is 1. The van der Waals surface area contributed by atoms with Crippen molar-refractivity contribution in [2.75, 3.05) is 40.9 Å². The molecule has 9 nitrogen and oxygen atoms in total. The summed E-state index contributed by atoms with van der Waals surface area (Å²) in [7, 11) is 0.811. The van der Waals surface area contributed by atoms with Crippen LogP contribution in [0.5, 0.6) is 0 Å². The van der Waals surface area contributed by atoms with Gasteiger partial charge in [0.05, 0.1) is 27.7 Å². The summed E-state index contributed by atoms with van der Waals surface area (Å²) in [5, 5.41) is 18.3. The predicted octanol–water partition coefficient (Wildman–Crippen LogP) is 4.46. The molecule has 0 aliphatic rings. The van der Waals surface area contributed by atoms with E-state index >= 15 is 0 Å². The molecule has 0 saturated carbocycles. The largest absolute Gasteiger partial charge is 0.756 e. The highest BCUT2D eigenvalue weighted by Crippen LogP contribution is 2.41. The van der Waals surface area contributed by atoms with Gasteiger partial charge >= 0.3 is 0 Å². The third kappa shape index (κ3) is 18.9. The van der Waals surface area contributed by atoms with E-state index in [2.05, 4.69) is 11.8 Å². The fourth-order valence-corrected chi connectivity index (χ4v) is 4.47. The molecule has 0 radical (unpaired) electrons. The summed E-state index contributed by atoms with van der Waals surface area (Å²) in [6.45, 7) is 1.75. The van der Waals surface area contributed by atoms with Gasteiger partial charge < -0.3 is 23.5 Å². The molecule has 0 heterocycles. The van der Waals surface area contributed by atoms with Gasteiger partial charge in [0.25, 0.3) is 7.82 Å². The minimum Gasteiger partial charge on any atom is -0.756 e. The molecule has 0 aromatic heterocycles. The minimum atomic E-state index is -4.82. The highest BCUT2D eigenvalue weighted by Gasteiger charge is 2.33. The molecule has 2 unspecified atom stereocenters. The number of Topliss-reactive ketones (excluding diaryl/α,β-unsaturated/α-hetero) is 1. The quantitative estimate of drug-likeness (QED) is 0.0639. The third-order valence-corrected chi connectivity index (χ3v) is 6.74. The normalized spacial score (nSPS) is 15.7. The number of carbonyl (C=O) groups excluding carboxylic acids is 1. The van der Waals surface area contributed by atoms with Crippen LogP contribution in [0.15, 0.2) is 0 Å². The Kier molecular flexibility index (Phi) is 19.5. The van der Waals surface area contributed by atoms with Crippen molar-refractivity contribution in [2.45, 2.75) is 109 Å². The second-order valence-electron chi connectivity index (χ2n) is 10.1. The van der Waals surface area contributed by atoms with Gasteiger partial charge in [-0.05, 0) is 6.42 Å². The summed E-state index contributed by atoms with van der Waals surface area (Å²) in [5.41, 5.74) is 0. The van der Waals surface area contributed by atoms with Crippen molar-refractivity contribution in [1.29, 1.82) is 0 Å². The van der Waals surface area contributed by atoms with Crippen LogP contribution in [-0.2, 0) is 23.3 Å². The number of phosphoric ester groups is 1. The maximum absolute atomic E-state index is 12.6. The number of aliphatic hydroxyl groups is 1. The highest BCUT2D eigenvalue weighted by atomic mass is 31.2. The van der Waals surface area contributed by atoms with Crippen LogP contribution in [0.2, 0.25) is 0 Å². The van der Waals surface area contributed by atoms with Crippen molar-refractivity contribution in [3.05, 3.63) is 0 Å². The molecular weight excluding hydrogens is 461 g/mol. The Labute approximate surface area is 206 Å². The molecule has 204 valence electrons. The Hall–Kier alpha value is -0.380. The Morgan fingerprint density at radius 3 is 1.79 bits per heavy atom. The van der Waals surface area contributed by atoms with Gasteiger partial charge in [-0.15, -0.1) is 0 Å². The van der Waals surface area contributed by atoms with Crippen LogP contribution >= 0.6 is 7.82 Å². The van der Waals surface area contributed by atoms with Crippen molar-refractivity contribution in [3.63, 3.8) is 0 Å². The number of likely N-dealkylation sites (N-methyl/N-ethyl adjacent to an activating group) is 1. The molecule has 0 fully saturated rings. The summed E-state index contributed by atoms with van der Waals surface area (Å²) in [6.07, 6.45) is 12.1. The van der Waals surface area contributed by atoms with E-state index in [-0.39, 0.29) is 13.0 Å². The van der Waals surface area contributed by atoms with Crippen LogP contribution in [0.1, 0.15) is 96.8 Å². The van der Waals surface area contributed by atoms with Gasteiger partial charge in [0.1, 0.15) is 19.3 Å². The van der Waals surface area contributed by atoms with Gasteiger partial charge in [-0.25, -0.2) is 4.89 Å². The van der Waals surface area contributed by atoms with Gasteiger partial charge in [0, 0.05) is 6.42 Å². The lowest BCUT2D eigenvalue weighted by Crippen LogP contribution is -2.41. The summed E-state index contributed by atoms with van der Waals surface area (Å²) < 4.78 is 22.4. The van der Waals surface area contributed by atoms with Gasteiger partial charge in [-0.3, -0.25) is 14.6 Å². The van der Waals surface area contributed by atoms with Crippen molar-refractivity contribution >= 4 is 13.6 Å². The van der Waals surface area contributed by atoms with Gasteiger partial charge in [-0.2, -0.15) is 0 Å². The fraction of sp³-hybridized carbons (Fsp3) is 0.958. The number of carbonyl (C=O) groups is 1. The monoisotopic (exact) mass is 511 g/mol. The van der Waals surface area contributed by atoms with Crippen LogP contribution < -0.4 is 4.89 Å². The van der Waals surface area contributed by atoms with E-state index < -0.39 is 32.4 Å². The maximum atomic E-state index is 12.6. The number of hydrogen-bond donors (Lipinski definition) is 2. The molecule has 0 aliphatic carbocycles. The Morgan fingerprint density at radius 2 is 1.38 bits per heavy atom. The lowest BCUT2D eigenvalue weighted by molar-refractivity contribution is -0.870. The van der Waals surface area contributed by atoms with Crippen LogP contribution in [0, 0.1) is 0 Å². The Balaban J connectivity index is 4.23. The third-order valence-electron chi connectivity index (χ3n) is 5.75. The van der Waals surface area contributed by atoms with Crippen LogP contribution in [0.25, 0.3) is 0 Å². The molecule has 3 atom stereocenters. The molecule has 10 heteroatoms. The molecule has 0 aromatic rings. The number of unbranched alkanes of at least 4 members (excludes halogenated alkanes) is 12. The first kappa shape index (κ1) is 33.6. The first-order valence-electron chi connectivity index (χ1n) is 12.9. The molecule has 2 N–H and O–H groups in total. The molecule has 0 aromatic carbocycles. The summed E-state index contributed by atoms with van der Waals surface area (Å²) in [6, 6.07) is 0. The van der Waals surface area contributed by atoms with E-state index in [0.717, 1.165) is 19.3 Å². The zero-order valence-electron chi connectivity index (χ0n) is 21.9. The van der Waals surface area contributed by atoms with E-state index in [1.165, 1.54) is 57.8 Å². The summed E-state index contributed by atoms with van der Waals surface area (Å²) in [5.74, 6) is -0.553. The average Bonchev–Trinajstić information content (AvgIpc) is 2.75. The number of rotatable bonds is 24. The van der Waals surface area contributed by atoms with E-state index in [0.29, 0.717) is 17.4 Å². The molecule has 0 aliphatic heterocycles. The van der Waals surface area contributed by atoms with E-state index in [1.807, 2.05) is 21.1 Å². The molecule has 0 amide bonds. The SMILES string of the molecule is CCCCCCCCCCCCCCCC(=O)C(OP(=O)([O-])OCC[N+](C)(C)C)[C@H](CO)OO. The van der Waals surface area contributed by atoms with Gasteiger partial charge in [0.15, 0.2) is 11.9 Å². The van der Waals surface area contributed by atoms with Crippen LogP contribution in [0.3, 0.4) is 0 Å². The standard InChI is InChI=1S/C24H50NO8P/c1-5-6-7-8-9-10-11-12-13-14-15-16-17-18-22(27)24(23(21-26)32-28)33-34(29,30)31-20-19-25(2,3)4/h23-24,26H,5-21H2,1-4H3,(H-,28,29,30)/t23-,24?/m0/s1. The van der Waals surface area contributed by atoms with Gasteiger partial charge in [0.2, 0.25) is 0 Å². The zero-order valence-corrected chi connectivity index (χ0v) is 22.8. The van der Waals surface area contributed by atoms with Gasteiger partial charge in [-0.1, -0.05) is 84.0 Å². The van der Waals surface area contributed by atoms with Crippen molar-refractivity contribution in [2.24, 2.45) is 0 Å². The molecular formula is C24H50NO8P. The Bertz CT molecular complexity index is 552. The van der Waals surface area contributed by atoms with Crippen LogP contribution in [0.4, 0.5) is 0 Å². The molecule has 0 spiro atoms. The van der Waals surface area contributed by atoms with Crippen molar-refractivity contribution in [3.8, 4) is 0 Å². The average molecular weight is 512 g/mol. The number of quaternary nitrogens is 1. The molecule has 34 heavy (non-hydrogen) atoms. The smallest absolute Gasteiger partial charge is 0.268 e. The second-order valence-corrected chi connectivity index (χ2v) is 11.5. The number of hydrogen-bond acceptors (Lipinski definition) is 8. The fourth-order valence-electron chi connectivity index (χ4n) is 3.57. The van der Waals surface area contributed by atoms with E-state index in [1.54, 1.807) is 0 Å². The predicted molar refractivity (Wildman–Crippen MR) is 131 cm³/mol. The first-order valence-corrected chi connectivity index (χ1v) is 14.4. The molecule has 0 rings (SSSR count). The first-order chi connectivity index (χ1) is 16.1. The highest BCUT2D eigenvalue weighted by molar-refractivity contribution is 7.45. The second kappa shape index (κ2) is 19.8. The Morgan fingerprint density at radius 1 is 0.912 bits per heavy atom. The van der Waals surface area contributed by atoms with Crippen molar-refractivity contribution < 1.29 is 43.0 Å². The van der Waals surface area contributed by atoms with Crippen LogP contribution in [-0.4, -0.2) is 73.7 Å². The minimum absolute atomic E-state index is 0.0706. The van der Waals surface area contributed by atoms with E-state index in [4.69, 9.17) is 14.3 Å². The lowest BCUT2D eigenvalue weighted by atomic mass is 10.0. The number of aliphatic hydroxyl groups excluding tert-OH is 1. The van der Waals surface area contributed by atoms with Crippen molar-refractivity contribution in [1.82, 2.24) is 0 Å². The zero-order chi connectivity index (χ0) is 25.9. The molecule has 0 bridgehead atoms. The maximum Gasteiger partial charge on any atom is 0.268 e. The lowest BCUT2D eigenvalue weighted by Gasteiger charge is -2.31. The summed E-state index contributed by atoms with van der Waals surface area (Å²) in [4.78, 5) is 28.8. The molecule has 0 saturated heterocycles. The van der Waals surface area contributed by atoms with E-state index in [9.17, 15) is 19.4 Å². The topological polar surface area (TPSA) is 125 Å². The number of ketones is 1. The number of phosphoric acid groups is 1. The summed E-state index contributed by atoms with van der Waals surface area (Å²) >= 11 is 0.